The number of nitrogens with one attached hydrogen (secondary N) is 2. The average Bonchev–Trinajstić information content (AvgIpc) is 3.04. The Kier molecular flexibility index (Phi) is 5.74. The average molecular weight is 427 g/mol. The molecular formula is C23H20F3N3S. The molecule has 0 spiro atoms. The molecule has 0 unspecified atom stereocenters. The van der Waals surface area contributed by atoms with Crippen molar-refractivity contribution in [1.29, 1.82) is 0 Å². The monoisotopic (exact) mass is 427 g/mol. The summed E-state index contributed by atoms with van der Waals surface area (Å²) in [4.78, 5) is 0.574. The van der Waals surface area contributed by atoms with E-state index in [-0.39, 0.29) is 5.82 Å². The van der Waals surface area contributed by atoms with E-state index in [0.29, 0.717) is 17.1 Å². The molecule has 154 valence electrons. The molecule has 4 aromatic rings. The predicted molar refractivity (Wildman–Crippen MR) is 117 cm³/mol. The molecule has 7 heteroatoms. The van der Waals surface area contributed by atoms with Gasteiger partial charge in [-0.25, -0.2) is 13.2 Å². The Labute approximate surface area is 177 Å². The van der Waals surface area contributed by atoms with Crippen LogP contribution in [0.15, 0.2) is 65.7 Å². The Hall–Kier alpha value is -2.90. The van der Waals surface area contributed by atoms with Gasteiger partial charge in [0.2, 0.25) is 0 Å². The SMILES string of the molecule is CNCc1cn(Sc2ccc(F)c(F)c2)c2cc(Nc3ccc(C)cc3F)ccc12. The lowest BCUT2D eigenvalue weighted by molar-refractivity contribution is 0.506. The number of halogens is 3. The van der Waals surface area contributed by atoms with Gasteiger partial charge in [-0.1, -0.05) is 12.1 Å². The number of hydrogen-bond donors (Lipinski definition) is 2. The van der Waals surface area contributed by atoms with E-state index in [4.69, 9.17) is 0 Å². The number of aryl methyl sites for hydroxylation is 1. The second-order valence-corrected chi connectivity index (χ2v) is 8.07. The van der Waals surface area contributed by atoms with Gasteiger partial charge in [0.05, 0.1) is 11.2 Å². The summed E-state index contributed by atoms with van der Waals surface area (Å²) in [5, 5.41) is 7.28. The number of aromatic nitrogens is 1. The molecule has 0 aliphatic rings. The van der Waals surface area contributed by atoms with Crippen molar-refractivity contribution >= 4 is 34.2 Å². The van der Waals surface area contributed by atoms with E-state index >= 15 is 0 Å². The maximum absolute atomic E-state index is 14.2. The number of nitrogens with zero attached hydrogens (tertiary/aromatic N) is 1. The zero-order valence-electron chi connectivity index (χ0n) is 16.5. The minimum Gasteiger partial charge on any atom is -0.353 e. The summed E-state index contributed by atoms with van der Waals surface area (Å²) >= 11 is 1.29. The van der Waals surface area contributed by atoms with Gasteiger partial charge in [-0.05, 0) is 79.5 Å². The quantitative estimate of drug-likeness (QED) is 0.374. The first-order valence-corrected chi connectivity index (χ1v) is 10.2. The lowest BCUT2D eigenvalue weighted by Gasteiger charge is -2.10. The van der Waals surface area contributed by atoms with Crippen LogP contribution < -0.4 is 10.6 Å². The minimum atomic E-state index is -0.885. The highest BCUT2D eigenvalue weighted by molar-refractivity contribution is 7.98. The highest BCUT2D eigenvalue weighted by Gasteiger charge is 2.12. The molecule has 1 heterocycles. The second-order valence-electron chi connectivity index (χ2n) is 7.02. The van der Waals surface area contributed by atoms with E-state index in [9.17, 15) is 13.2 Å². The number of fused-ring (bicyclic) bond motifs is 1. The lowest BCUT2D eigenvalue weighted by Crippen LogP contribution is -2.04. The first kappa shape index (κ1) is 20.4. The van der Waals surface area contributed by atoms with Crippen molar-refractivity contribution in [2.45, 2.75) is 18.4 Å². The molecule has 30 heavy (non-hydrogen) atoms. The Morgan fingerprint density at radius 3 is 2.47 bits per heavy atom. The van der Waals surface area contributed by atoms with Gasteiger partial charge in [0.1, 0.15) is 5.82 Å². The molecule has 0 bridgehead atoms. The van der Waals surface area contributed by atoms with Crippen molar-refractivity contribution in [1.82, 2.24) is 9.29 Å². The smallest absolute Gasteiger partial charge is 0.160 e. The van der Waals surface area contributed by atoms with Gasteiger partial charge in [-0.3, -0.25) is 3.97 Å². The fourth-order valence-electron chi connectivity index (χ4n) is 3.27. The van der Waals surface area contributed by atoms with Crippen LogP contribution in [0.25, 0.3) is 10.9 Å². The van der Waals surface area contributed by atoms with Crippen molar-refractivity contribution in [2.75, 3.05) is 12.4 Å². The summed E-state index contributed by atoms with van der Waals surface area (Å²) in [5.41, 5.74) is 3.92. The van der Waals surface area contributed by atoms with Gasteiger partial charge in [0.15, 0.2) is 11.6 Å². The van der Waals surface area contributed by atoms with Crippen molar-refractivity contribution in [3.05, 3.63) is 89.4 Å². The van der Waals surface area contributed by atoms with Crippen LogP contribution >= 0.6 is 11.9 Å². The lowest BCUT2D eigenvalue weighted by atomic mass is 10.1. The molecule has 0 saturated heterocycles. The Balaban J connectivity index is 1.73. The first-order chi connectivity index (χ1) is 14.4. The fraction of sp³-hybridized carbons (Fsp3) is 0.130. The molecule has 0 radical (unpaired) electrons. The van der Waals surface area contributed by atoms with Gasteiger partial charge in [0, 0.05) is 28.7 Å². The zero-order valence-corrected chi connectivity index (χ0v) is 17.3. The van der Waals surface area contributed by atoms with Crippen molar-refractivity contribution in [3.63, 3.8) is 0 Å². The van der Waals surface area contributed by atoms with Crippen LogP contribution in [0.2, 0.25) is 0 Å². The highest BCUT2D eigenvalue weighted by Crippen LogP contribution is 2.33. The van der Waals surface area contributed by atoms with Crippen molar-refractivity contribution in [2.24, 2.45) is 0 Å². The fourth-order valence-corrected chi connectivity index (χ4v) is 4.22. The molecule has 4 rings (SSSR count). The summed E-state index contributed by atoms with van der Waals surface area (Å²) < 4.78 is 43.1. The molecule has 1 aromatic heterocycles. The predicted octanol–water partition coefficient (Wildman–Crippen LogP) is 6.39. The van der Waals surface area contributed by atoms with Gasteiger partial charge in [0.25, 0.3) is 0 Å². The van der Waals surface area contributed by atoms with E-state index in [1.165, 1.54) is 30.1 Å². The standard InChI is InChI=1S/C23H20F3N3S/c1-14-3-8-22(21(26)9-14)28-16-4-6-18-15(12-27-2)13-29(23(18)10-16)30-17-5-7-19(24)20(25)11-17/h3-11,13,27-28H,12H2,1-2H3. The number of rotatable bonds is 6. The molecule has 0 atom stereocenters. The van der Waals surface area contributed by atoms with E-state index in [1.54, 1.807) is 6.07 Å². The first-order valence-electron chi connectivity index (χ1n) is 9.40. The van der Waals surface area contributed by atoms with Gasteiger partial charge in [-0.15, -0.1) is 0 Å². The Morgan fingerprint density at radius 2 is 1.73 bits per heavy atom. The molecule has 3 nitrogen and oxygen atoms in total. The molecule has 0 amide bonds. The molecule has 0 aliphatic carbocycles. The second kappa shape index (κ2) is 8.45. The molecule has 0 saturated carbocycles. The van der Waals surface area contributed by atoms with Crippen LogP contribution in [0.1, 0.15) is 11.1 Å². The van der Waals surface area contributed by atoms with Crippen molar-refractivity contribution < 1.29 is 13.2 Å². The van der Waals surface area contributed by atoms with Gasteiger partial charge in [-0.2, -0.15) is 0 Å². The van der Waals surface area contributed by atoms with Gasteiger partial charge >= 0.3 is 0 Å². The Bertz CT molecular complexity index is 1220. The maximum Gasteiger partial charge on any atom is 0.160 e. The summed E-state index contributed by atoms with van der Waals surface area (Å²) in [5.74, 6) is -2.08. The summed E-state index contributed by atoms with van der Waals surface area (Å²) in [6.07, 6.45) is 1.96. The topological polar surface area (TPSA) is 29.0 Å². The van der Waals surface area contributed by atoms with Crippen LogP contribution in [0.3, 0.4) is 0 Å². The molecule has 3 aromatic carbocycles. The molecule has 0 fully saturated rings. The van der Waals surface area contributed by atoms with Crippen LogP contribution in [0.5, 0.6) is 0 Å². The normalized spacial score (nSPS) is 11.2. The number of hydrogen-bond acceptors (Lipinski definition) is 3. The number of benzene rings is 3. The van der Waals surface area contributed by atoms with E-state index in [1.807, 2.05) is 48.4 Å². The van der Waals surface area contributed by atoms with E-state index in [2.05, 4.69) is 10.6 Å². The molecular weight excluding hydrogens is 407 g/mol. The van der Waals surface area contributed by atoms with Gasteiger partial charge < -0.3 is 10.6 Å². The Morgan fingerprint density at radius 1 is 0.900 bits per heavy atom. The maximum atomic E-state index is 14.2. The third-order valence-corrected chi connectivity index (χ3v) is 5.68. The van der Waals surface area contributed by atoms with E-state index in [0.717, 1.165) is 33.8 Å². The molecule has 0 aliphatic heterocycles. The van der Waals surface area contributed by atoms with E-state index < -0.39 is 11.6 Å². The largest absolute Gasteiger partial charge is 0.353 e. The highest BCUT2D eigenvalue weighted by atomic mass is 32.2. The summed E-state index contributed by atoms with van der Waals surface area (Å²) in [6.45, 7) is 2.49. The zero-order chi connectivity index (χ0) is 21.3. The van der Waals surface area contributed by atoms with Crippen molar-refractivity contribution in [3.8, 4) is 0 Å². The summed E-state index contributed by atoms with van der Waals surface area (Å²) in [6, 6.07) is 14.6. The third-order valence-electron chi connectivity index (χ3n) is 4.72. The third kappa shape index (κ3) is 4.17. The van der Waals surface area contributed by atoms with Crippen LogP contribution in [0.4, 0.5) is 24.5 Å². The van der Waals surface area contributed by atoms with Crippen LogP contribution in [0, 0.1) is 24.4 Å². The van der Waals surface area contributed by atoms with Crippen LogP contribution in [-0.2, 0) is 6.54 Å². The minimum absolute atomic E-state index is 0.322. The van der Waals surface area contributed by atoms with Crippen LogP contribution in [-0.4, -0.2) is 11.0 Å². The summed E-state index contributed by atoms with van der Waals surface area (Å²) in [7, 11) is 1.86. The molecule has 2 N–H and O–H groups in total. The number of anilines is 2.